The van der Waals surface area contributed by atoms with Crippen molar-refractivity contribution in [1.29, 1.82) is 0 Å². The lowest BCUT2D eigenvalue weighted by molar-refractivity contribution is 0.0468. The van der Waals surface area contributed by atoms with Crippen LogP contribution >= 0.6 is 0 Å². The number of anilines is 1. The van der Waals surface area contributed by atoms with Gasteiger partial charge in [-0.05, 0) is 54.6 Å². The van der Waals surface area contributed by atoms with Crippen molar-refractivity contribution in [2.24, 2.45) is 0 Å². The molecule has 0 saturated carbocycles. The van der Waals surface area contributed by atoms with Crippen LogP contribution in [0.4, 0.5) is 5.69 Å². The molecule has 0 bridgehead atoms. The van der Waals surface area contributed by atoms with Gasteiger partial charge in [0, 0.05) is 12.4 Å². The fourth-order valence-electron chi connectivity index (χ4n) is 3.28. The van der Waals surface area contributed by atoms with Gasteiger partial charge in [-0.3, -0.25) is 9.10 Å². The number of sulfonamides is 1. The van der Waals surface area contributed by atoms with Gasteiger partial charge < -0.3 is 13.9 Å². The Hall–Kier alpha value is -4.11. The number of ether oxygens (including phenoxy) is 2. The lowest BCUT2D eigenvalue weighted by atomic mass is 10.2. The Balaban J connectivity index is 1.47. The fourth-order valence-corrected chi connectivity index (χ4v) is 4.52. The van der Waals surface area contributed by atoms with Gasteiger partial charge in [0.05, 0.1) is 23.3 Å². The monoisotopic (exact) mass is 479 g/mol. The van der Waals surface area contributed by atoms with Crippen molar-refractivity contribution in [3.05, 3.63) is 90.2 Å². The molecule has 4 rings (SSSR count). The predicted octanol–water partition coefficient (Wildman–Crippen LogP) is 4.31. The minimum Gasteiger partial charge on any atom is -0.497 e. The summed E-state index contributed by atoms with van der Waals surface area (Å²) in [5.41, 5.74) is 0.975. The number of hydrogen-bond donors (Lipinski definition) is 0. The smallest absolute Gasteiger partial charge is 0.338 e. The average Bonchev–Trinajstić information content (AvgIpc) is 3.31. The van der Waals surface area contributed by atoms with Gasteiger partial charge in [0.2, 0.25) is 5.78 Å². The molecule has 3 aromatic carbocycles. The van der Waals surface area contributed by atoms with Crippen LogP contribution in [0.5, 0.6) is 5.75 Å². The van der Waals surface area contributed by atoms with E-state index in [1.54, 1.807) is 48.5 Å². The quantitative estimate of drug-likeness (QED) is 0.274. The van der Waals surface area contributed by atoms with Crippen LogP contribution in [0.25, 0.3) is 11.0 Å². The molecule has 0 N–H and O–H groups in total. The third kappa shape index (κ3) is 4.65. The van der Waals surface area contributed by atoms with E-state index in [0.717, 1.165) is 9.69 Å². The normalized spacial score (nSPS) is 11.2. The maximum atomic E-state index is 13.1. The number of methoxy groups -OCH3 is 1. The minimum atomic E-state index is -3.95. The molecule has 0 aliphatic heterocycles. The maximum Gasteiger partial charge on any atom is 0.338 e. The van der Waals surface area contributed by atoms with Crippen LogP contribution in [-0.4, -0.2) is 40.9 Å². The van der Waals surface area contributed by atoms with Gasteiger partial charge in [-0.2, -0.15) is 0 Å². The number of hydrogen-bond acceptors (Lipinski definition) is 7. The number of nitrogens with zero attached hydrogens (tertiary/aromatic N) is 1. The maximum absolute atomic E-state index is 13.1. The summed E-state index contributed by atoms with van der Waals surface area (Å²) < 4.78 is 42.9. The standard InChI is InChI=1S/C25H21NO7S/c1-26(19-10-12-20(31-2)13-11-19)34(29,30)21-8-5-7-18(14-21)25(28)32-16-22(27)24-15-17-6-3-4-9-23(17)33-24/h3-15H,16H2,1-2H3. The van der Waals surface area contributed by atoms with E-state index < -0.39 is 28.4 Å². The van der Waals surface area contributed by atoms with Crippen LogP contribution in [-0.2, 0) is 14.8 Å². The first-order valence-corrected chi connectivity index (χ1v) is 11.7. The first kappa shape index (κ1) is 23.1. The Labute approximate surface area is 196 Å². The number of esters is 1. The van der Waals surface area contributed by atoms with Crippen molar-refractivity contribution < 1.29 is 31.9 Å². The highest BCUT2D eigenvalue weighted by Gasteiger charge is 2.23. The Bertz CT molecular complexity index is 1420. The van der Waals surface area contributed by atoms with Gasteiger partial charge in [-0.25, -0.2) is 13.2 Å². The van der Waals surface area contributed by atoms with E-state index in [0.29, 0.717) is 17.0 Å². The highest BCUT2D eigenvalue weighted by Crippen LogP contribution is 2.25. The number of carbonyl (C=O) groups excluding carboxylic acids is 2. The number of para-hydroxylation sites is 1. The number of carbonyl (C=O) groups is 2. The summed E-state index contributed by atoms with van der Waals surface area (Å²) in [5, 5.41) is 0.760. The largest absolute Gasteiger partial charge is 0.497 e. The molecule has 9 heteroatoms. The fraction of sp³-hybridized carbons (Fsp3) is 0.120. The summed E-state index contributed by atoms with van der Waals surface area (Å²) in [6, 6.07) is 20.7. The summed E-state index contributed by atoms with van der Waals surface area (Å²) in [4.78, 5) is 24.8. The van der Waals surface area contributed by atoms with Gasteiger partial charge in [-0.15, -0.1) is 0 Å². The van der Waals surface area contributed by atoms with Gasteiger partial charge >= 0.3 is 5.97 Å². The predicted molar refractivity (Wildman–Crippen MR) is 126 cm³/mol. The van der Waals surface area contributed by atoms with Crippen molar-refractivity contribution >= 4 is 38.4 Å². The minimum absolute atomic E-state index is 0.00149. The highest BCUT2D eigenvalue weighted by atomic mass is 32.2. The molecule has 0 saturated heterocycles. The third-order valence-electron chi connectivity index (χ3n) is 5.20. The number of rotatable bonds is 8. The Morgan fingerprint density at radius 3 is 2.38 bits per heavy atom. The van der Waals surface area contributed by atoms with E-state index >= 15 is 0 Å². The SMILES string of the molecule is COc1ccc(N(C)S(=O)(=O)c2cccc(C(=O)OCC(=O)c3cc4ccccc4o3)c2)cc1. The van der Waals surface area contributed by atoms with Crippen LogP contribution in [0, 0.1) is 0 Å². The second-order valence-electron chi connectivity index (χ2n) is 7.35. The summed E-state index contributed by atoms with van der Waals surface area (Å²) >= 11 is 0. The molecular weight excluding hydrogens is 458 g/mol. The molecule has 34 heavy (non-hydrogen) atoms. The van der Waals surface area contributed by atoms with Crippen LogP contribution in [0.1, 0.15) is 20.9 Å². The molecule has 0 aliphatic rings. The molecule has 0 unspecified atom stereocenters. The zero-order valence-electron chi connectivity index (χ0n) is 18.4. The van der Waals surface area contributed by atoms with Crippen LogP contribution in [0.3, 0.4) is 0 Å². The number of furan rings is 1. The first-order valence-electron chi connectivity index (χ1n) is 10.2. The molecule has 4 aromatic rings. The number of fused-ring (bicyclic) bond motifs is 1. The summed E-state index contributed by atoms with van der Waals surface area (Å²) in [6.07, 6.45) is 0. The number of Topliss-reactive ketones (excluding diaryl/α,β-unsaturated/α-hetero) is 1. The van der Waals surface area contributed by atoms with Gasteiger partial charge in [-0.1, -0.05) is 24.3 Å². The number of benzene rings is 3. The topological polar surface area (TPSA) is 103 Å². The van der Waals surface area contributed by atoms with Gasteiger partial charge in [0.1, 0.15) is 11.3 Å². The van der Waals surface area contributed by atoms with Crippen molar-refractivity contribution in [2.45, 2.75) is 4.90 Å². The second-order valence-corrected chi connectivity index (χ2v) is 9.32. The molecule has 8 nitrogen and oxygen atoms in total. The van der Waals surface area contributed by atoms with Crippen molar-refractivity contribution in [3.63, 3.8) is 0 Å². The van der Waals surface area contributed by atoms with E-state index in [9.17, 15) is 18.0 Å². The molecule has 0 radical (unpaired) electrons. The summed E-state index contributed by atoms with van der Waals surface area (Å²) in [6.45, 7) is -0.540. The van der Waals surface area contributed by atoms with Crippen molar-refractivity contribution in [3.8, 4) is 5.75 Å². The lowest BCUT2D eigenvalue weighted by Crippen LogP contribution is -2.26. The van der Waals surface area contributed by atoms with Crippen molar-refractivity contribution in [2.75, 3.05) is 25.1 Å². The highest BCUT2D eigenvalue weighted by molar-refractivity contribution is 7.92. The van der Waals surface area contributed by atoms with Crippen LogP contribution in [0.2, 0.25) is 0 Å². The molecular formula is C25H21NO7S. The summed E-state index contributed by atoms with van der Waals surface area (Å²) in [7, 11) is -1.02. The van der Waals surface area contributed by atoms with E-state index in [1.165, 1.54) is 38.4 Å². The Kier molecular flexibility index (Phi) is 6.38. The zero-order chi connectivity index (χ0) is 24.3. The molecule has 1 heterocycles. The number of ketones is 1. The van der Waals surface area contributed by atoms with E-state index in [2.05, 4.69) is 0 Å². The average molecular weight is 480 g/mol. The molecule has 0 spiro atoms. The van der Waals surface area contributed by atoms with E-state index in [1.807, 2.05) is 6.07 Å². The van der Waals surface area contributed by atoms with Gasteiger partial charge in [0.15, 0.2) is 12.4 Å². The molecule has 0 amide bonds. The van der Waals surface area contributed by atoms with Crippen molar-refractivity contribution in [1.82, 2.24) is 0 Å². The van der Waals surface area contributed by atoms with Gasteiger partial charge in [0.25, 0.3) is 10.0 Å². The molecule has 0 aliphatic carbocycles. The van der Waals surface area contributed by atoms with E-state index in [-0.39, 0.29) is 16.2 Å². The third-order valence-corrected chi connectivity index (χ3v) is 6.98. The van der Waals surface area contributed by atoms with Crippen LogP contribution in [0.15, 0.2) is 88.2 Å². The summed E-state index contributed by atoms with van der Waals surface area (Å²) in [5.74, 6) is -0.663. The molecule has 0 fully saturated rings. The van der Waals surface area contributed by atoms with E-state index in [4.69, 9.17) is 13.9 Å². The Morgan fingerprint density at radius 1 is 0.941 bits per heavy atom. The molecule has 1 aromatic heterocycles. The lowest BCUT2D eigenvalue weighted by Gasteiger charge is -2.20. The van der Waals surface area contributed by atoms with Crippen LogP contribution < -0.4 is 9.04 Å². The zero-order valence-corrected chi connectivity index (χ0v) is 19.2. The molecule has 0 atom stereocenters. The first-order chi connectivity index (χ1) is 16.3. The second kappa shape index (κ2) is 9.40. The molecule has 174 valence electrons. The Morgan fingerprint density at radius 2 is 1.68 bits per heavy atom.